The lowest BCUT2D eigenvalue weighted by molar-refractivity contribution is 0.101. The van der Waals surface area contributed by atoms with Gasteiger partial charge in [-0.25, -0.2) is 0 Å². The molecular formula is C24H23BrN4O3. The van der Waals surface area contributed by atoms with Gasteiger partial charge in [-0.2, -0.15) is 5.10 Å². The maximum Gasteiger partial charge on any atom is 0.278 e. The van der Waals surface area contributed by atoms with Crippen LogP contribution in [0.5, 0.6) is 5.75 Å². The van der Waals surface area contributed by atoms with E-state index >= 15 is 0 Å². The highest BCUT2D eigenvalue weighted by Gasteiger charge is 2.21. The highest BCUT2D eigenvalue weighted by atomic mass is 79.9. The first-order valence-electron chi connectivity index (χ1n) is 10.1. The number of halogens is 1. The first kappa shape index (κ1) is 21.8. The van der Waals surface area contributed by atoms with E-state index in [0.29, 0.717) is 23.6 Å². The summed E-state index contributed by atoms with van der Waals surface area (Å²) in [5.41, 5.74) is 4.66. The number of anilines is 1. The second kappa shape index (κ2) is 9.40. The van der Waals surface area contributed by atoms with Crippen LogP contribution in [0.1, 0.15) is 38.5 Å². The lowest BCUT2D eigenvalue weighted by Gasteiger charge is -2.12. The minimum atomic E-state index is -0.342. The molecule has 0 unspecified atom stereocenters. The molecule has 0 bridgehead atoms. The van der Waals surface area contributed by atoms with Crippen molar-refractivity contribution in [3.63, 3.8) is 0 Å². The third-order valence-electron chi connectivity index (χ3n) is 5.13. The number of nitrogens with one attached hydrogen (secondary N) is 1. The zero-order valence-electron chi connectivity index (χ0n) is 18.1. The number of amides is 1. The molecule has 164 valence electrons. The van der Waals surface area contributed by atoms with E-state index in [1.54, 1.807) is 13.1 Å². The maximum atomic E-state index is 12.9. The van der Waals surface area contributed by atoms with Crippen molar-refractivity contribution in [2.75, 3.05) is 5.32 Å². The molecule has 2 aromatic heterocycles. The van der Waals surface area contributed by atoms with Crippen molar-refractivity contribution in [3.8, 4) is 5.75 Å². The molecule has 0 aliphatic heterocycles. The fraction of sp³-hybridized carbons (Fsp3) is 0.208. The number of carbonyl (C=O) groups is 1. The van der Waals surface area contributed by atoms with Crippen LogP contribution in [0.25, 0.3) is 0 Å². The third-order valence-corrected chi connectivity index (χ3v) is 5.54. The normalized spacial score (nSPS) is 10.9. The van der Waals surface area contributed by atoms with Crippen LogP contribution in [0.2, 0.25) is 0 Å². The Labute approximate surface area is 194 Å². The average molecular weight is 495 g/mol. The van der Waals surface area contributed by atoms with Crippen molar-refractivity contribution in [3.05, 3.63) is 93.0 Å². The van der Waals surface area contributed by atoms with Gasteiger partial charge in [0.15, 0.2) is 5.69 Å². The summed E-state index contributed by atoms with van der Waals surface area (Å²) >= 11 is 3.39. The SMILES string of the molecule is Cc1cccc(C)c1OCc1c(C(=O)Nc2ccc(Cn3cc(Br)cn3)cc2)noc1C. The number of hydrogen-bond donors (Lipinski definition) is 1. The quantitative estimate of drug-likeness (QED) is 0.369. The molecular weight excluding hydrogens is 472 g/mol. The van der Waals surface area contributed by atoms with E-state index in [0.717, 1.165) is 26.9 Å². The number of para-hydroxylation sites is 1. The molecule has 1 amide bonds. The topological polar surface area (TPSA) is 82.2 Å². The average Bonchev–Trinajstić information content (AvgIpc) is 3.34. The van der Waals surface area contributed by atoms with Crippen LogP contribution in [0, 0.1) is 20.8 Å². The van der Waals surface area contributed by atoms with Gasteiger partial charge < -0.3 is 14.6 Å². The van der Waals surface area contributed by atoms with Gasteiger partial charge in [-0.05, 0) is 65.5 Å². The summed E-state index contributed by atoms with van der Waals surface area (Å²) in [5.74, 6) is 1.02. The molecule has 0 fully saturated rings. The molecule has 2 heterocycles. The molecule has 8 heteroatoms. The molecule has 0 aliphatic carbocycles. The smallest absolute Gasteiger partial charge is 0.278 e. The van der Waals surface area contributed by atoms with Gasteiger partial charge in [-0.15, -0.1) is 0 Å². The van der Waals surface area contributed by atoms with Crippen molar-refractivity contribution in [1.82, 2.24) is 14.9 Å². The van der Waals surface area contributed by atoms with Gasteiger partial charge in [0.05, 0.1) is 22.8 Å². The van der Waals surface area contributed by atoms with Gasteiger partial charge in [0.1, 0.15) is 18.1 Å². The summed E-state index contributed by atoms with van der Waals surface area (Å²) in [6, 6.07) is 13.6. The van der Waals surface area contributed by atoms with Crippen LogP contribution in [0.4, 0.5) is 5.69 Å². The summed E-state index contributed by atoms with van der Waals surface area (Å²) in [7, 11) is 0. The predicted octanol–water partition coefficient (Wildman–Crippen LogP) is 5.44. The Morgan fingerprint density at radius 1 is 1.12 bits per heavy atom. The summed E-state index contributed by atoms with van der Waals surface area (Å²) < 4.78 is 14.1. The summed E-state index contributed by atoms with van der Waals surface area (Å²) in [4.78, 5) is 12.9. The first-order valence-corrected chi connectivity index (χ1v) is 10.9. The van der Waals surface area contributed by atoms with Crippen LogP contribution in [-0.4, -0.2) is 20.8 Å². The van der Waals surface area contributed by atoms with Gasteiger partial charge in [0.2, 0.25) is 0 Å². The monoisotopic (exact) mass is 494 g/mol. The molecule has 0 saturated heterocycles. The van der Waals surface area contributed by atoms with Crippen molar-refractivity contribution in [1.29, 1.82) is 0 Å². The lowest BCUT2D eigenvalue weighted by Crippen LogP contribution is -2.15. The largest absolute Gasteiger partial charge is 0.488 e. The van der Waals surface area contributed by atoms with Crippen LogP contribution in [-0.2, 0) is 13.2 Å². The first-order chi connectivity index (χ1) is 15.4. The molecule has 32 heavy (non-hydrogen) atoms. The summed E-state index contributed by atoms with van der Waals surface area (Å²) in [5, 5.41) is 11.1. The minimum absolute atomic E-state index is 0.197. The number of rotatable bonds is 7. The van der Waals surface area contributed by atoms with Crippen molar-refractivity contribution in [2.24, 2.45) is 0 Å². The van der Waals surface area contributed by atoms with E-state index in [-0.39, 0.29) is 18.2 Å². The second-order valence-electron chi connectivity index (χ2n) is 7.58. The number of nitrogens with zero attached hydrogens (tertiary/aromatic N) is 3. The fourth-order valence-electron chi connectivity index (χ4n) is 3.41. The molecule has 2 aromatic carbocycles. The Bertz CT molecular complexity index is 1220. The Morgan fingerprint density at radius 2 is 1.84 bits per heavy atom. The van der Waals surface area contributed by atoms with E-state index in [9.17, 15) is 4.79 Å². The Morgan fingerprint density at radius 3 is 2.50 bits per heavy atom. The highest BCUT2D eigenvalue weighted by molar-refractivity contribution is 9.10. The predicted molar refractivity (Wildman–Crippen MR) is 125 cm³/mol. The zero-order chi connectivity index (χ0) is 22.7. The fourth-order valence-corrected chi connectivity index (χ4v) is 3.73. The molecule has 7 nitrogen and oxygen atoms in total. The Balaban J connectivity index is 1.43. The Kier molecular flexibility index (Phi) is 6.41. The van der Waals surface area contributed by atoms with Crippen molar-refractivity contribution >= 4 is 27.5 Å². The van der Waals surface area contributed by atoms with E-state index in [2.05, 4.69) is 31.5 Å². The highest BCUT2D eigenvalue weighted by Crippen LogP contribution is 2.25. The Hall–Kier alpha value is -3.39. The van der Waals surface area contributed by atoms with Gasteiger partial charge >= 0.3 is 0 Å². The molecule has 4 rings (SSSR count). The van der Waals surface area contributed by atoms with Gasteiger partial charge in [-0.3, -0.25) is 9.48 Å². The van der Waals surface area contributed by atoms with E-state index in [1.165, 1.54) is 0 Å². The van der Waals surface area contributed by atoms with Crippen molar-refractivity contribution < 1.29 is 14.1 Å². The molecule has 0 saturated carbocycles. The third kappa shape index (κ3) is 4.91. The van der Waals surface area contributed by atoms with E-state index in [1.807, 2.05) is 67.2 Å². The number of aryl methyl sites for hydroxylation is 3. The lowest BCUT2D eigenvalue weighted by atomic mass is 10.1. The molecule has 0 radical (unpaired) electrons. The molecule has 0 atom stereocenters. The number of aromatic nitrogens is 3. The molecule has 0 aliphatic rings. The zero-order valence-corrected chi connectivity index (χ0v) is 19.6. The van der Waals surface area contributed by atoms with Crippen molar-refractivity contribution in [2.45, 2.75) is 33.9 Å². The minimum Gasteiger partial charge on any atom is -0.488 e. The van der Waals surface area contributed by atoms with Crippen LogP contribution in [0.15, 0.2) is 63.9 Å². The van der Waals surface area contributed by atoms with Gasteiger partial charge in [0.25, 0.3) is 5.91 Å². The molecule has 0 spiro atoms. The van der Waals surface area contributed by atoms with Gasteiger partial charge in [0, 0.05) is 11.9 Å². The number of hydrogen-bond acceptors (Lipinski definition) is 5. The van der Waals surface area contributed by atoms with Gasteiger partial charge in [-0.1, -0.05) is 35.5 Å². The molecule has 4 aromatic rings. The number of benzene rings is 2. The summed E-state index contributed by atoms with van der Waals surface area (Å²) in [6.07, 6.45) is 3.65. The number of carbonyl (C=O) groups excluding carboxylic acids is 1. The van der Waals surface area contributed by atoms with Crippen LogP contribution < -0.4 is 10.1 Å². The van der Waals surface area contributed by atoms with E-state index in [4.69, 9.17) is 9.26 Å². The number of ether oxygens (including phenoxy) is 1. The molecule has 1 N–H and O–H groups in total. The standard InChI is InChI=1S/C24H23BrN4O3/c1-15-5-4-6-16(2)23(15)31-14-21-17(3)32-28-22(21)24(30)27-20-9-7-18(8-10-20)12-29-13-19(25)11-26-29/h4-11,13H,12,14H2,1-3H3,(H,27,30). The van der Waals surface area contributed by atoms with Crippen LogP contribution in [0.3, 0.4) is 0 Å². The van der Waals surface area contributed by atoms with Crippen LogP contribution >= 0.6 is 15.9 Å². The second-order valence-corrected chi connectivity index (χ2v) is 8.50. The van der Waals surface area contributed by atoms with E-state index < -0.39 is 0 Å². The maximum absolute atomic E-state index is 12.9. The summed E-state index contributed by atoms with van der Waals surface area (Å²) in [6.45, 7) is 6.59.